The Bertz CT molecular complexity index is 299. The van der Waals surface area contributed by atoms with Crippen LogP contribution in [0.1, 0.15) is 20.1 Å². The van der Waals surface area contributed by atoms with Gasteiger partial charge < -0.3 is 17.7 Å². The van der Waals surface area contributed by atoms with E-state index < -0.39 is 18.8 Å². The molecular weight excluding hydrogens is 196 g/mol. The highest BCUT2D eigenvalue weighted by molar-refractivity contribution is 6.72. The summed E-state index contributed by atoms with van der Waals surface area (Å²) < 4.78 is 43.2. The quantitative estimate of drug-likeness (QED) is 0.699. The zero-order chi connectivity index (χ0) is 10.8. The van der Waals surface area contributed by atoms with Gasteiger partial charge in [0.25, 0.3) is 0 Å². The van der Waals surface area contributed by atoms with Gasteiger partial charge in [0, 0.05) is 12.8 Å². The minimum atomic E-state index is -5.02. The van der Waals surface area contributed by atoms with Gasteiger partial charge in [0.1, 0.15) is 6.23 Å². The smallest absolute Gasteiger partial charge is 0.444 e. The van der Waals surface area contributed by atoms with Crippen molar-refractivity contribution < 1.29 is 17.7 Å². The summed E-state index contributed by atoms with van der Waals surface area (Å²) in [4.78, 5) is 0. The summed E-state index contributed by atoms with van der Waals surface area (Å²) in [6.07, 6.45) is 0.439. The maximum Gasteiger partial charge on any atom is 0.527 e. The van der Waals surface area contributed by atoms with Crippen LogP contribution in [0, 0.1) is 0 Å². The number of hydrogen-bond acceptors (Lipinski definition) is 2. The molecule has 0 radical (unpaired) electrons. The molecule has 0 saturated heterocycles. The summed E-state index contributed by atoms with van der Waals surface area (Å²) in [5.74, 6) is 0. The summed E-state index contributed by atoms with van der Waals surface area (Å²) in [7, 11) is 0. The standard InChI is InChI=1S/C7H11BF3N2O/c1-3-14-6(2)13-7(4-5-12-13)8(9,10)11/h4-6H,3H2,1-2H3/q-1. The van der Waals surface area contributed by atoms with Crippen LogP contribution in [0.2, 0.25) is 0 Å². The molecule has 0 saturated carbocycles. The molecular formula is C7H11BF3N2O-. The molecule has 0 aliphatic rings. The van der Waals surface area contributed by atoms with Gasteiger partial charge >= 0.3 is 6.98 Å². The van der Waals surface area contributed by atoms with Gasteiger partial charge in [-0.05, 0) is 19.4 Å². The lowest BCUT2D eigenvalue weighted by molar-refractivity contribution is 0.0176. The summed E-state index contributed by atoms with van der Waals surface area (Å²) in [6.45, 7) is -1.42. The number of rotatable bonds is 4. The summed E-state index contributed by atoms with van der Waals surface area (Å²) >= 11 is 0. The molecule has 1 unspecified atom stereocenters. The molecule has 0 bridgehead atoms. The largest absolute Gasteiger partial charge is 0.527 e. The van der Waals surface area contributed by atoms with Gasteiger partial charge in [-0.15, -0.1) is 0 Å². The molecule has 1 atom stereocenters. The van der Waals surface area contributed by atoms with Crippen molar-refractivity contribution in [2.24, 2.45) is 0 Å². The molecule has 1 aromatic heterocycles. The van der Waals surface area contributed by atoms with Gasteiger partial charge in [-0.25, -0.2) is 0 Å². The summed E-state index contributed by atoms with van der Waals surface area (Å²) in [5, 5.41) is 3.59. The lowest BCUT2D eigenvalue weighted by atomic mass is 9.86. The van der Waals surface area contributed by atoms with Crippen LogP contribution >= 0.6 is 0 Å². The van der Waals surface area contributed by atoms with E-state index in [0.717, 1.165) is 16.9 Å². The SMILES string of the molecule is CCOC(C)n1nccc1[B-](F)(F)F. The van der Waals surface area contributed by atoms with Crippen LogP contribution in [-0.2, 0) is 4.74 Å². The Hall–Kier alpha value is -0.975. The highest BCUT2D eigenvalue weighted by atomic mass is 19.4. The van der Waals surface area contributed by atoms with Crippen molar-refractivity contribution in [2.75, 3.05) is 6.61 Å². The molecule has 7 heteroatoms. The van der Waals surface area contributed by atoms with Gasteiger partial charge in [0.15, 0.2) is 0 Å². The van der Waals surface area contributed by atoms with Crippen LogP contribution in [0.25, 0.3) is 0 Å². The first-order chi connectivity index (χ1) is 6.46. The predicted molar refractivity (Wildman–Crippen MR) is 47.3 cm³/mol. The first-order valence-corrected chi connectivity index (χ1v) is 4.31. The van der Waals surface area contributed by atoms with E-state index in [4.69, 9.17) is 4.74 Å². The van der Waals surface area contributed by atoms with Gasteiger partial charge in [-0.1, -0.05) is 6.07 Å². The molecule has 1 aromatic rings. The maximum atomic E-state index is 12.4. The third kappa shape index (κ3) is 2.28. The zero-order valence-electron chi connectivity index (χ0n) is 7.95. The summed E-state index contributed by atoms with van der Waals surface area (Å²) in [6, 6.07) is 0.954. The lowest BCUT2D eigenvalue weighted by Crippen LogP contribution is -2.41. The van der Waals surface area contributed by atoms with Gasteiger partial charge in [0.05, 0.1) is 0 Å². The maximum absolute atomic E-state index is 12.4. The molecule has 0 amide bonds. The van der Waals surface area contributed by atoms with Crippen molar-refractivity contribution in [3.05, 3.63) is 12.3 Å². The monoisotopic (exact) mass is 207 g/mol. The number of ether oxygens (including phenoxy) is 1. The molecule has 0 aliphatic carbocycles. The Morgan fingerprint density at radius 2 is 2.21 bits per heavy atom. The van der Waals surface area contributed by atoms with Crippen LogP contribution in [0.5, 0.6) is 0 Å². The molecule has 0 N–H and O–H groups in total. The Kier molecular flexibility index (Phi) is 3.20. The van der Waals surface area contributed by atoms with Crippen molar-refractivity contribution >= 4 is 12.6 Å². The molecule has 0 aromatic carbocycles. The third-order valence-corrected chi connectivity index (χ3v) is 1.79. The molecule has 1 heterocycles. The van der Waals surface area contributed by atoms with E-state index in [1.807, 2.05) is 0 Å². The Balaban J connectivity index is 2.93. The number of hydrogen-bond donors (Lipinski definition) is 0. The van der Waals surface area contributed by atoms with Crippen molar-refractivity contribution in [1.82, 2.24) is 9.78 Å². The highest BCUT2D eigenvalue weighted by Crippen LogP contribution is 2.12. The Morgan fingerprint density at radius 1 is 1.57 bits per heavy atom. The highest BCUT2D eigenvalue weighted by Gasteiger charge is 2.30. The van der Waals surface area contributed by atoms with E-state index in [1.165, 1.54) is 6.92 Å². The fourth-order valence-electron chi connectivity index (χ4n) is 1.20. The molecule has 3 nitrogen and oxygen atoms in total. The zero-order valence-corrected chi connectivity index (χ0v) is 7.95. The van der Waals surface area contributed by atoms with Gasteiger partial charge in [0.2, 0.25) is 0 Å². The Morgan fingerprint density at radius 3 is 2.71 bits per heavy atom. The molecule has 0 spiro atoms. The van der Waals surface area contributed by atoms with E-state index in [1.54, 1.807) is 6.92 Å². The summed E-state index contributed by atoms with van der Waals surface area (Å²) in [5.41, 5.74) is -0.731. The second-order valence-electron chi connectivity index (χ2n) is 2.83. The Labute approximate surface area is 79.9 Å². The average Bonchev–Trinajstić information content (AvgIpc) is 2.50. The second-order valence-corrected chi connectivity index (χ2v) is 2.83. The minimum Gasteiger partial charge on any atom is -0.444 e. The second kappa shape index (κ2) is 4.04. The average molecular weight is 207 g/mol. The number of aromatic nitrogens is 2. The molecule has 0 aliphatic heterocycles. The van der Waals surface area contributed by atoms with Crippen molar-refractivity contribution in [2.45, 2.75) is 20.1 Å². The van der Waals surface area contributed by atoms with Crippen LogP contribution in [-0.4, -0.2) is 23.4 Å². The van der Waals surface area contributed by atoms with Gasteiger partial charge in [-0.3, -0.25) is 4.68 Å². The van der Waals surface area contributed by atoms with Crippen LogP contribution in [0.4, 0.5) is 12.9 Å². The van der Waals surface area contributed by atoms with Crippen LogP contribution in [0.3, 0.4) is 0 Å². The molecule has 0 fully saturated rings. The van der Waals surface area contributed by atoms with Gasteiger partial charge in [-0.2, -0.15) is 5.10 Å². The van der Waals surface area contributed by atoms with E-state index in [-0.39, 0.29) is 0 Å². The van der Waals surface area contributed by atoms with E-state index in [9.17, 15) is 12.9 Å². The predicted octanol–water partition coefficient (Wildman–Crippen LogP) is 1.49. The van der Waals surface area contributed by atoms with E-state index >= 15 is 0 Å². The minimum absolute atomic E-state index is 0.353. The van der Waals surface area contributed by atoms with Crippen molar-refractivity contribution in [1.29, 1.82) is 0 Å². The first kappa shape index (κ1) is 11.1. The van der Waals surface area contributed by atoms with Crippen LogP contribution in [0.15, 0.2) is 12.3 Å². The van der Waals surface area contributed by atoms with Crippen molar-refractivity contribution in [3.63, 3.8) is 0 Å². The number of nitrogens with zero attached hydrogens (tertiary/aromatic N) is 2. The lowest BCUT2D eigenvalue weighted by Gasteiger charge is -2.21. The fraction of sp³-hybridized carbons (Fsp3) is 0.571. The van der Waals surface area contributed by atoms with E-state index in [2.05, 4.69) is 5.10 Å². The van der Waals surface area contributed by atoms with Crippen molar-refractivity contribution in [3.8, 4) is 0 Å². The normalized spacial score (nSPS) is 14.4. The topological polar surface area (TPSA) is 27.1 Å². The fourth-order valence-corrected chi connectivity index (χ4v) is 1.20. The third-order valence-electron chi connectivity index (χ3n) is 1.79. The van der Waals surface area contributed by atoms with E-state index in [0.29, 0.717) is 6.61 Å². The first-order valence-electron chi connectivity index (χ1n) is 4.31. The molecule has 80 valence electrons. The molecule has 14 heavy (non-hydrogen) atoms. The molecule has 1 rings (SSSR count). The van der Waals surface area contributed by atoms with Crippen LogP contribution < -0.4 is 5.59 Å². The number of halogens is 3.